The Hall–Kier alpha value is -2.07. The van der Waals surface area contributed by atoms with Gasteiger partial charge in [0.1, 0.15) is 29.6 Å². The van der Waals surface area contributed by atoms with Crippen LogP contribution in [0.25, 0.3) is 0 Å². The second kappa shape index (κ2) is 13.3. The second-order valence-electron chi connectivity index (χ2n) is 8.50. The molecule has 2 aromatic rings. The maximum atomic E-state index is 12.5. The second-order valence-corrected chi connectivity index (χ2v) is 9.28. The van der Waals surface area contributed by atoms with Crippen LogP contribution in [0.5, 0.6) is 11.5 Å². The van der Waals surface area contributed by atoms with Gasteiger partial charge in [-0.15, -0.1) is 0 Å². The fourth-order valence-corrected chi connectivity index (χ4v) is 4.46. The number of phenolic OH excluding ortho intramolecular Hbond substituents is 1. The highest BCUT2D eigenvalue weighted by molar-refractivity contribution is 6.38. The van der Waals surface area contributed by atoms with Crippen molar-refractivity contribution in [1.82, 2.24) is 15.1 Å². The SMILES string of the molecule is CCOC(=O)[C@H](Cc1ccccc1)NC(O)c1cc(Cl)c(OCCN2CCN(C)CC2)c(Cl)c1O. The van der Waals surface area contributed by atoms with Gasteiger partial charge in [-0.25, -0.2) is 0 Å². The number of carbonyl (C=O) groups is 1. The molecule has 3 N–H and O–H groups in total. The van der Waals surface area contributed by atoms with Crippen molar-refractivity contribution in [1.29, 1.82) is 0 Å². The molecule has 0 aromatic heterocycles. The predicted molar refractivity (Wildman–Crippen MR) is 136 cm³/mol. The van der Waals surface area contributed by atoms with Crippen molar-refractivity contribution >= 4 is 29.2 Å². The minimum absolute atomic E-state index is 0.0359. The number of benzene rings is 2. The van der Waals surface area contributed by atoms with E-state index >= 15 is 0 Å². The number of ether oxygens (including phenoxy) is 2. The molecule has 1 aliphatic heterocycles. The van der Waals surface area contributed by atoms with Gasteiger partial charge in [-0.05, 0) is 32.0 Å². The number of aromatic hydroxyl groups is 1. The first-order chi connectivity index (χ1) is 16.8. The van der Waals surface area contributed by atoms with Gasteiger partial charge in [-0.2, -0.15) is 0 Å². The number of rotatable bonds is 11. The van der Waals surface area contributed by atoms with E-state index in [9.17, 15) is 15.0 Å². The lowest BCUT2D eigenvalue weighted by molar-refractivity contribution is -0.146. The normalized spacial score (nSPS) is 16.6. The number of hydrogen-bond donors (Lipinski definition) is 3. The summed E-state index contributed by atoms with van der Waals surface area (Å²) in [6.07, 6.45) is -1.14. The van der Waals surface area contributed by atoms with E-state index in [4.69, 9.17) is 32.7 Å². The number of phenols is 1. The summed E-state index contributed by atoms with van der Waals surface area (Å²) in [5.41, 5.74) is 0.920. The Morgan fingerprint density at radius 2 is 1.86 bits per heavy atom. The number of halogens is 2. The number of nitrogens with zero attached hydrogens (tertiary/aromatic N) is 2. The van der Waals surface area contributed by atoms with Crippen molar-refractivity contribution in [3.63, 3.8) is 0 Å². The summed E-state index contributed by atoms with van der Waals surface area (Å²) in [5.74, 6) is -0.730. The molecule has 3 rings (SSSR count). The molecule has 0 aliphatic carbocycles. The standard InChI is InChI=1S/C25H33Cl2N3O5/c1-3-34-25(33)20(15-17-7-5-4-6-8-17)28-24(32)18-16-19(26)23(21(27)22(18)31)35-14-13-30-11-9-29(2)10-12-30/h4-8,16,20,24,28,31-32H,3,9-15H2,1-2H3/t20-,24?/m0/s1. The smallest absolute Gasteiger partial charge is 0.323 e. The summed E-state index contributed by atoms with van der Waals surface area (Å²) in [4.78, 5) is 17.1. The number of esters is 1. The number of carbonyl (C=O) groups excluding carboxylic acids is 1. The number of nitrogens with one attached hydrogen (secondary N) is 1. The number of hydrogen-bond acceptors (Lipinski definition) is 8. The Morgan fingerprint density at radius 3 is 2.51 bits per heavy atom. The zero-order valence-corrected chi connectivity index (χ0v) is 21.6. The Morgan fingerprint density at radius 1 is 1.17 bits per heavy atom. The van der Waals surface area contributed by atoms with E-state index in [-0.39, 0.29) is 40.1 Å². The van der Waals surface area contributed by atoms with Gasteiger partial charge < -0.3 is 24.6 Å². The summed E-state index contributed by atoms with van der Waals surface area (Å²) in [7, 11) is 2.09. The van der Waals surface area contributed by atoms with Crippen molar-refractivity contribution in [3.8, 4) is 11.5 Å². The van der Waals surface area contributed by atoms with Crippen molar-refractivity contribution in [2.75, 3.05) is 53.0 Å². The first kappa shape index (κ1) is 27.5. The largest absolute Gasteiger partial charge is 0.506 e. The summed E-state index contributed by atoms with van der Waals surface area (Å²) < 4.78 is 10.9. The molecule has 192 valence electrons. The van der Waals surface area contributed by atoms with Gasteiger partial charge in [0, 0.05) is 38.3 Å². The monoisotopic (exact) mass is 525 g/mol. The molecule has 0 amide bonds. The van der Waals surface area contributed by atoms with E-state index in [1.165, 1.54) is 6.07 Å². The molecule has 0 spiro atoms. The average Bonchev–Trinajstić information content (AvgIpc) is 2.85. The van der Waals surface area contributed by atoms with Crippen LogP contribution in [0.15, 0.2) is 36.4 Å². The van der Waals surface area contributed by atoms with Crippen molar-refractivity contribution < 1.29 is 24.5 Å². The van der Waals surface area contributed by atoms with E-state index in [1.54, 1.807) is 6.92 Å². The molecular weight excluding hydrogens is 493 g/mol. The maximum absolute atomic E-state index is 12.5. The quantitative estimate of drug-likeness (QED) is 0.304. The van der Waals surface area contributed by atoms with Crippen LogP contribution in [0, 0.1) is 0 Å². The average molecular weight is 526 g/mol. The van der Waals surface area contributed by atoms with Gasteiger partial charge in [0.25, 0.3) is 0 Å². The molecule has 0 saturated carbocycles. The van der Waals surface area contributed by atoms with Crippen LogP contribution >= 0.6 is 23.2 Å². The van der Waals surface area contributed by atoms with Crippen LogP contribution in [-0.2, 0) is 16.0 Å². The van der Waals surface area contributed by atoms with Gasteiger partial charge in [-0.3, -0.25) is 15.0 Å². The molecule has 1 aliphatic rings. The van der Waals surface area contributed by atoms with E-state index < -0.39 is 18.2 Å². The zero-order valence-electron chi connectivity index (χ0n) is 20.0. The van der Waals surface area contributed by atoms with E-state index in [1.807, 2.05) is 30.3 Å². The predicted octanol–water partition coefficient (Wildman–Crippen LogP) is 3.08. The van der Waals surface area contributed by atoms with Crippen LogP contribution < -0.4 is 10.1 Å². The molecular formula is C25H33Cl2N3O5. The number of likely N-dealkylation sites (N-methyl/N-ethyl adjacent to an activating group) is 1. The Bertz CT molecular complexity index is 971. The lowest BCUT2D eigenvalue weighted by Crippen LogP contribution is -2.45. The molecule has 1 fully saturated rings. The molecule has 1 unspecified atom stereocenters. The third-order valence-electron chi connectivity index (χ3n) is 5.94. The Labute approximate surface area is 216 Å². The number of aliphatic hydroxyl groups excluding tert-OH is 1. The van der Waals surface area contributed by atoms with Crippen molar-refractivity contribution in [2.45, 2.75) is 25.6 Å². The van der Waals surface area contributed by atoms with E-state index in [0.717, 1.165) is 31.7 Å². The molecule has 1 heterocycles. The number of aliphatic hydroxyl groups is 1. The topological polar surface area (TPSA) is 94.5 Å². The first-order valence-electron chi connectivity index (χ1n) is 11.7. The Balaban J connectivity index is 1.68. The summed E-state index contributed by atoms with van der Waals surface area (Å²) in [6, 6.07) is 9.88. The molecule has 0 bridgehead atoms. The maximum Gasteiger partial charge on any atom is 0.323 e. The Kier molecular flexibility index (Phi) is 10.5. The molecule has 2 aromatic carbocycles. The van der Waals surface area contributed by atoms with Gasteiger partial charge in [0.05, 0.1) is 11.6 Å². The third-order valence-corrected chi connectivity index (χ3v) is 6.57. The van der Waals surface area contributed by atoms with Gasteiger partial charge in [0.2, 0.25) is 0 Å². The van der Waals surface area contributed by atoms with Gasteiger partial charge in [-0.1, -0.05) is 53.5 Å². The fourth-order valence-electron chi connectivity index (χ4n) is 3.88. The molecule has 8 nitrogen and oxygen atoms in total. The lowest BCUT2D eigenvalue weighted by atomic mass is 10.0. The summed E-state index contributed by atoms with van der Waals surface area (Å²) in [6.45, 7) is 6.87. The molecule has 35 heavy (non-hydrogen) atoms. The van der Waals surface area contributed by atoms with Gasteiger partial charge >= 0.3 is 5.97 Å². The van der Waals surface area contributed by atoms with Gasteiger partial charge in [0.15, 0.2) is 5.75 Å². The lowest BCUT2D eigenvalue weighted by Gasteiger charge is -2.32. The van der Waals surface area contributed by atoms with Crippen LogP contribution in [0.3, 0.4) is 0 Å². The summed E-state index contributed by atoms with van der Waals surface area (Å²) >= 11 is 12.8. The minimum atomic E-state index is -1.43. The fraction of sp³-hybridized carbons (Fsp3) is 0.480. The highest BCUT2D eigenvalue weighted by Crippen LogP contribution is 2.43. The van der Waals surface area contributed by atoms with Crippen LogP contribution in [-0.4, -0.2) is 85.0 Å². The zero-order chi connectivity index (χ0) is 25.4. The molecule has 2 atom stereocenters. The van der Waals surface area contributed by atoms with Crippen molar-refractivity contribution in [3.05, 3.63) is 57.6 Å². The van der Waals surface area contributed by atoms with Crippen LogP contribution in [0.4, 0.5) is 0 Å². The highest BCUT2D eigenvalue weighted by atomic mass is 35.5. The van der Waals surface area contributed by atoms with Crippen LogP contribution in [0.1, 0.15) is 24.3 Å². The number of piperazine rings is 1. The first-order valence-corrected chi connectivity index (χ1v) is 12.4. The summed E-state index contributed by atoms with van der Waals surface area (Å²) in [5, 5.41) is 24.4. The highest BCUT2D eigenvalue weighted by Gasteiger charge is 2.27. The van der Waals surface area contributed by atoms with E-state index in [2.05, 4.69) is 22.2 Å². The molecule has 1 saturated heterocycles. The molecule has 0 radical (unpaired) electrons. The van der Waals surface area contributed by atoms with Crippen LogP contribution in [0.2, 0.25) is 10.0 Å². The molecule has 10 heteroatoms. The van der Waals surface area contributed by atoms with E-state index in [0.29, 0.717) is 13.2 Å². The minimum Gasteiger partial charge on any atom is -0.506 e. The van der Waals surface area contributed by atoms with Crippen molar-refractivity contribution in [2.24, 2.45) is 0 Å². The third kappa shape index (κ3) is 7.70.